The molecule has 0 saturated carbocycles. The fourth-order valence-electron chi connectivity index (χ4n) is 5.07. The maximum atomic E-state index is 12.4. The van der Waals surface area contributed by atoms with E-state index in [1.165, 1.54) is 17.5 Å². The minimum absolute atomic E-state index is 0.136. The van der Waals surface area contributed by atoms with Gasteiger partial charge >= 0.3 is 5.97 Å². The number of ether oxygens (including phenoxy) is 1. The van der Waals surface area contributed by atoms with Crippen LogP contribution < -0.4 is 4.74 Å². The van der Waals surface area contributed by atoms with E-state index in [4.69, 9.17) is 4.74 Å². The van der Waals surface area contributed by atoms with Crippen molar-refractivity contribution in [2.75, 3.05) is 13.6 Å². The molecule has 4 rings (SSSR count). The van der Waals surface area contributed by atoms with Crippen molar-refractivity contribution in [3.8, 4) is 5.75 Å². The van der Waals surface area contributed by atoms with Gasteiger partial charge in [-0.25, -0.2) is 0 Å². The predicted molar refractivity (Wildman–Crippen MR) is 108 cm³/mol. The van der Waals surface area contributed by atoms with Gasteiger partial charge in [0.15, 0.2) is 0 Å². The first-order valence-corrected chi connectivity index (χ1v) is 10.0. The minimum atomic E-state index is -0.201. The van der Waals surface area contributed by atoms with Crippen molar-refractivity contribution in [2.45, 2.75) is 51.0 Å². The Morgan fingerprint density at radius 1 is 1.22 bits per heavy atom. The average molecular weight is 364 g/mol. The Labute approximate surface area is 162 Å². The van der Waals surface area contributed by atoms with Crippen molar-refractivity contribution in [1.82, 2.24) is 4.90 Å². The van der Waals surface area contributed by atoms with Crippen molar-refractivity contribution in [2.24, 2.45) is 5.92 Å². The number of carbonyl (C=O) groups excluding carboxylic acids is 1. The first kappa shape index (κ1) is 18.2. The van der Waals surface area contributed by atoms with Crippen LogP contribution >= 0.6 is 0 Å². The summed E-state index contributed by atoms with van der Waals surface area (Å²) < 4.78 is 5.72. The second-order valence-corrected chi connectivity index (χ2v) is 8.66. The van der Waals surface area contributed by atoms with Gasteiger partial charge < -0.3 is 9.64 Å². The average Bonchev–Trinajstić information content (AvgIpc) is 2.87. The van der Waals surface area contributed by atoms with E-state index in [1.807, 2.05) is 36.4 Å². The van der Waals surface area contributed by atoms with E-state index in [9.17, 15) is 4.79 Å². The van der Waals surface area contributed by atoms with Crippen LogP contribution in [0.2, 0.25) is 0 Å². The summed E-state index contributed by atoms with van der Waals surface area (Å²) in [6.45, 7) is 5.88. The van der Waals surface area contributed by atoms with Crippen LogP contribution in [0.25, 0.3) is 0 Å². The van der Waals surface area contributed by atoms with E-state index in [-0.39, 0.29) is 11.4 Å². The number of rotatable bonds is 3. The third kappa shape index (κ3) is 3.53. The lowest BCUT2D eigenvalue weighted by Gasteiger charge is -2.34. The molecule has 1 saturated heterocycles. The number of likely N-dealkylation sites (tertiary alicyclic amines) is 1. The molecule has 2 aliphatic rings. The molecule has 27 heavy (non-hydrogen) atoms. The number of nitrogens with zero attached hydrogens (tertiary/aromatic N) is 1. The Balaban J connectivity index is 1.60. The number of hydrogen-bond donors (Lipinski definition) is 0. The highest BCUT2D eigenvalue weighted by atomic mass is 16.5. The summed E-state index contributed by atoms with van der Waals surface area (Å²) in [4.78, 5) is 14.9. The van der Waals surface area contributed by atoms with E-state index in [0.717, 1.165) is 24.9 Å². The first-order valence-electron chi connectivity index (χ1n) is 10.0. The van der Waals surface area contributed by atoms with Gasteiger partial charge in [0.1, 0.15) is 5.75 Å². The number of likely N-dealkylation sites (N-methyl/N-ethyl adjacent to an activating group) is 1. The van der Waals surface area contributed by atoms with E-state index in [0.29, 0.717) is 24.1 Å². The predicted octanol–water partition coefficient (Wildman–Crippen LogP) is 4.38. The normalized spacial score (nSPS) is 27.5. The summed E-state index contributed by atoms with van der Waals surface area (Å²) in [5.74, 6) is 1.15. The quantitative estimate of drug-likeness (QED) is 0.599. The molecule has 2 aromatic carbocycles. The molecule has 1 aliphatic carbocycles. The molecule has 0 radical (unpaired) electrons. The van der Waals surface area contributed by atoms with Gasteiger partial charge in [0.2, 0.25) is 0 Å². The zero-order valence-electron chi connectivity index (χ0n) is 16.6. The van der Waals surface area contributed by atoms with E-state index < -0.39 is 0 Å². The summed E-state index contributed by atoms with van der Waals surface area (Å²) in [6, 6.07) is 16.6. The number of esters is 1. The monoisotopic (exact) mass is 363 g/mol. The number of carbonyl (C=O) groups is 1. The van der Waals surface area contributed by atoms with Crippen LogP contribution in [0, 0.1) is 5.92 Å². The maximum absolute atomic E-state index is 12.4. The van der Waals surface area contributed by atoms with Gasteiger partial charge in [-0.3, -0.25) is 4.79 Å². The van der Waals surface area contributed by atoms with Gasteiger partial charge in [-0.1, -0.05) is 50.2 Å². The maximum Gasteiger partial charge on any atom is 0.315 e. The van der Waals surface area contributed by atoms with Crippen molar-refractivity contribution >= 4 is 5.97 Å². The van der Waals surface area contributed by atoms with Crippen LogP contribution in [0.5, 0.6) is 5.75 Å². The van der Waals surface area contributed by atoms with Crippen molar-refractivity contribution in [3.63, 3.8) is 0 Å². The Hall–Kier alpha value is -2.13. The molecular weight excluding hydrogens is 334 g/mol. The molecule has 1 fully saturated rings. The lowest BCUT2D eigenvalue weighted by atomic mass is 9.74. The first-order chi connectivity index (χ1) is 13.0. The van der Waals surface area contributed by atoms with Gasteiger partial charge in [-0.15, -0.1) is 0 Å². The lowest BCUT2D eigenvalue weighted by molar-refractivity contribution is -0.133. The molecule has 0 bridgehead atoms. The molecule has 0 aromatic heterocycles. The van der Waals surface area contributed by atoms with Crippen molar-refractivity contribution < 1.29 is 9.53 Å². The Kier molecular flexibility index (Phi) is 4.81. The van der Waals surface area contributed by atoms with E-state index in [2.05, 4.69) is 37.9 Å². The molecule has 142 valence electrons. The number of fused-ring (bicyclic) bond motifs is 3. The summed E-state index contributed by atoms with van der Waals surface area (Å²) >= 11 is 0. The number of hydrogen-bond acceptors (Lipinski definition) is 3. The van der Waals surface area contributed by atoms with Crippen molar-refractivity contribution in [1.29, 1.82) is 0 Å². The largest absolute Gasteiger partial charge is 0.426 e. The topological polar surface area (TPSA) is 29.5 Å². The molecule has 1 heterocycles. The van der Waals surface area contributed by atoms with Gasteiger partial charge in [0, 0.05) is 11.5 Å². The second-order valence-electron chi connectivity index (χ2n) is 8.66. The lowest BCUT2D eigenvalue weighted by Crippen LogP contribution is -2.39. The summed E-state index contributed by atoms with van der Waals surface area (Å²) in [6.07, 6.45) is 3.80. The standard InChI is InChI=1S/C24H29NO2/c1-17-13-19-9-10-20(27-23(26)15-18-7-5-4-6-8-18)16-21(19)24(2)11-12-25(3)22(24)14-17/h4-10,16-17,22H,11-15H2,1-3H3. The molecule has 3 heteroatoms. The molecule has 3 nitrogen and oxygen atoms in total. The van der Waals surface area contributed by atoms with Gasteiger partial charge in [-0.05, 0) is 67.6 Å². The highest BCUT2D eigenvalue weighted by Crippen LogP contribution is 2.47. The fraction of sp³-hybridized carbons (Fsp3) is 0.458. The summed E-state index contributed by atoms with van der Waals surface area (Å²) in [5.41, 5.74) is 3.92. The Morgan fingerprint density at radius 2 is 2.00 bits per heavy atom. The highest BCUT2D eigenvalue weighted by molar-refractivity contribution is 5.75. The minimum Gasteiger partial charge on any atom is -0.426 e. The van der Waals surface area contributed by atoms with Crippen LogP contribution in [0.3, 0.4) is 0 Å². The second kappa shape index (κ2) is 7.12. The van der Waals surface area contributed by atoms with Crippen LogP contribution in [0.15, 0.2) is 48.5 Å². The molecule has 3 atom stereocenters. The van der Waals surface area contributed by atoms with Crippen LogP contribution in [-0.4, -0.2) is 30.5 Å². The smallest absolute Gasteiger partial charge is 0.315 e. The fourth-order valence-corrected chi connectivity index (χ4v) is 5.07. The van der Waals surface area contributed by atoms with E-state index in [1.54, 1.807) is 0 Å². The summed E-state index contributed by atoms with van der Waals surface area (Å²) in [5, 5.41) is 0. The molecule has 0 N–H and O–H groups in total. The number of benzene rings is 2. The van der Waals surface area contributed by atoms with E-state index >= 15 is 0 Å². The molecular formula is C24H29NO2. The van der Waals surface area contributed by atoms with Crippen LogP contribution in [0.1, 0.15) is 43.4 Å². The van der Waals surface area contributed by atoms with Gasteiger partial charge in [0.25, 0.3) is 0 Å². The third-order valence-corrected chi connectivity index (χ3v) is 6.56. The molecule has 0 spiro atoms. The highest BCUT2D eigenvalue weighted by Gasteiger charge is 2.46. The SMILES string of the molecule is CC1Cc2ccc(OC(=O)Cc3ccccc3)cc2C2(C)CCN(C)C2C1. The van der Waals surface area contributed by atoms with Crippen LogP contribution in [-0.2, 0) is 23.1 Å². The Morgan fingerprint density at radius 3 is 2.78 bits per heavy atom. The molecule has 3 unspecified atom stereocenters. The van der Waals surface area contributed by atoms with Crippen LogP contribution in [0.4, 0.5) is 0 Å². The van der Waals surface area contributed by atoms with Crippen molar-refractivity contribution in [3.05, 3.63) is 65.2 Å². The molecule has 2 aromatic rings. The molecule has 0 amide bonds. The molecule has 1 aliphatic heterocycles. The van der Waals surface area contributed by atoms with Gasteiger partial charge in [0.05, 0.1) is 6.42 Å². The zero-order valence-corrected chi connectivity index (χ0v) is 16.6. The zero-order chi connectivity index (χ0) is 19.0. The van der Waals surface area contributed by atoms with Gasteiger partial charge in [-0.2, -0.15) is 0 Å². The Bertz CT molecular complexity index is 832. The summed E-state index contributed by atoms with van der Waals surface area (Å²) in [7, 11) is 2.25. The third-order valence-electron chi connectivity index (χ3n) is 6.56.